The van der Waals surface area contributed by atoms with Crippen molar-refractivity contribution in [1.82, 2.24) is 4.90 Å². The molecule has 2 rings (SSSR count). The fourth-order valence-electron chi connectivity index (χ4n) is 2.93. The van der Waals surface area contributed by atoms with Crippen LogP contribution >= 0.6 is 0 Å². The maximum absolute atomic E-state index is 12.0. The molecule has 21 heavy (non-hydrogen) atoms. The molecule has 7 heteroatoms. The number of alkyl halides is 2. The summed E-state index contributed by atoms with van der Waals surface area (Å²) >= 11 is 0. The molecule has 0 aromatic rings. The van der Waals surface area contributed by atoms with Crippen LogP contribution in [0.4, 0.5) is 8.78 Å². The number of rotatable bonds is 6. The summed E-state index contributed by atoms with van der Waals surface area (Å²) in [4.78, 5) is 13.7. The first-order valence-corrected chi connectivity index (χ1v) is 7.42. The SMILES string of the molecule is CN(C(=O)CCOCC(F)F)C1CCC2(CC1)OCCO2. The maximum atomic E-state index is 12.0. The second kappa shape index (κ2) is 7.47. The molecule has 0 atom stereocenters. The molecule has 2 aliphatic rings. The van der Waals surface area contributed by atoms with Gasteiger partial charge in [-0.2, -0.15) is 0 Å². The van der Waals surface area contributed by atoms with Crippen LogP contribution in [-0.4, -0.2) is 62.5 Å². The van der Waals surface area contributed by atoms with Gasteiger partial charge in [-0.05, 0) is 12.8 Å². The lowest BCUT2D eigenvalue weighted by molar-refractivity contribution is -0.184. The molecule has 0 unspecified atom stereocenters. The Bertz CT molecular complexity index is 338. The van der Waals surface area contributed by atoms with Crippen molar-refractivity contribution in [2.75, 3.05) is 33.5 Å². The summed E-state index contributed by atoms with van der Waals surface area (Å²) in [5, 5.41) is 0. The highest BCUT2D eigenvalue weighted by molar-refractivity contribution is 5.76. The van der Waals surface area contributed by atoms with Gasteiger partial charge in [0.15, 0.2) is 5.79 Å². The average Bonchev–Trinajstić information content (AvgIpc) is 2.91. The van der Waals surface area contributed by atoms with Gasteiger partial charge in [-0.1, -0.05) is 0 Å². The molecule has 0 N–H and O–H groups in total. The summed E-state index contributed by atoms with van der Waals surface area (Å²) in [6.45, 7) is 0.704. The second-order valence-corrected chi connectivity index (χ2v) is 5.56. The molecule has 0 aromatic carbocycles. The molecule has 0 bridgehead atoms. The van der Waals surface area contributed by atoms with Gasteiger partial charge in [0.05, 0.1) is 26.2 Å². The third kappa shape index (κ3) is 4.59. The van der Waals surface area contributed by atoms with Gasteiger partial charge in [0.2, 0.25) is 5.91 Å². The molecule has 1 saturated heterocycles. The molecular weight excluding hydrogens is 284 g/mol. The monoisotopic (exact) mass is 307 g/mol. The predicted molar refractivity (Wildman–Crippen MR) is 71.1 cm³/mol. The highest BCUT2D eigenvalue weighted by Gasteiger charge is 2.41. The number of ether oxygens (including phenoxy) is 3. The zero-order valence-electron chi connectivity index (χ0n) is 12.4. The molecule has 122 valence electrons. The number of halogens is 2. The summed E-state index contributed by atoms with van der Waals surface area (Å²) in [6, 6.07) is 0.158. The minimum atomic E-state index is -2.49. The van der Waals surface area contributed by atoms with Crippen molar-refractivity contribution in [3.63, 3.8) is 0 Å². The Kier molecular flexibility index (Phi) is 5.89. The van der Waals surface area contributed by atoms with Gasteiger partial charge in [0, 0.05) is 25.9 Å². The number of hydrogen-bond acceptors (Lipinski definition) is 4. The summed E-state index contributed by atoms with van der Waals surface area (Å²) in [7, 11) is 1.76. The van der Waals surface area contributed by atoms with Crippen LogP contribution in [0.3, 0.4) is 0 Å². The third-order valence-electron chi connectivity index (χ3n) is 4.18. The number of hydrogen-bond donors (Lipinski definition) is 0. The molecule has 0 aromatic heterocycles. The lowest BCUT2D eigenvalue weighted by Crippen LogP contribution is -2.45. The van der Waals surface area contributed by atoms with Crippen LogP contribution < -0.4 is 0 Å². The molecular formula is C14H23F2NO4. The zero-order chi connectivity index (χ0) is 15.3. The van der Waals surface area contributed by atoms with Gasteiger partial charge in [-0.25, -0.2) is 8.78 Å². The molecule has 1 heterocycles. The van der Waals surface area contributed by atoms with Crippen LogP contribution in [0, 0.1) is 0 Å². The molecule has 1 amide bonds. The van der Waals surface area contributed by atoms with Crippen LogP contribution in [0.25, 0.3) is 0 Å². The van der Waals surface area contributed by atoms with Gasteiger partial charge in [-0.15, -0.1) is 0 Å². The molecule has 5 nitrogen and oxygen atoms in total. The van der Waals surface area contributed by atoms with Crippen molar-refractivity contribution in [1.29, 1.82) is 0 Å². The lowest BCUT2D eigenvalue weighted by atomic mass is 9.89. The molecule has 1 aliphatic carbocycles. The normalized spacial score (nSPS) is 22.1. The number of carbonyl (C=O) groups is 1. The minimum Gasteiger partial charge on any atom is -0.375 e. The van der Waals surface area contributed by atoms with Gasteiger partial charge in [0.25, 0.3) is 6.43 Å². The highest BCUT2D eigenvalue weighted by atomic mass is 19.3. The Labute approximate surface area is 123 Å². The fraction of sp³-hybridized carbons (Fsp3) is 0.929. The molecule has 1 spiro atoms. The maximum Gasteiger partial charge on any atom is 0.261 e. The van der Waals surface area contributed by atoms with Crippen molar-refractivity contribution in [3.05, 3.63) is 0 Å². The standard InChI is InChI=1S/C14H23F2NO4/c1-17(13(18)4-7-19-10-12(15)16)11-2-5-14(6-3-11)20-8-9-21-14/h11-12H,2-10H2,1H3. The molecule has 1 saturated carbocycles. The minimum absolute atomic E-state index is 0.0381. The summed E-state index contributed by atoms with van der Waals surface area (Å²) in [6.07, 6.45) is 0.894. The van der Waals surface area contributed by atoms with Crippen LogP contribution in [0.5, 0.6) is 0 Å². The lowest BCUT2D eigenvalue weighted by Gasteiger charge is -2.39. The number of nitrogens with zero attached hydrogens (tertiary/aromatic N) is 1. The second-order valence-electron chi connectivity index (χ2n) is 5.56. The quantitative estimate of drug-likeness (QED) is 0.702. The largest absolute Gasteiger partial charge is 0.375 e. The van der Waals surface area contributed by atoms with Crippen molar-refractivity contribution < 1.29 is 27.8 Å². The van der Waals surface area contributed by atoms with Crippen LogP contribution in [0.2, 0.25) is 0 Å². The Morgan fingerprint density at radius 2 is 1.95 bits per heavy atom. The Morgan fingerprint density at radius 1 is 1.33 bits per heavy atom. The number of carbonyl (C=O) groups excluding carboxylic acids is 1. The van der Waals surface area contributed by atoms with Crippen LogP contribution in [0.15, 0.2) is 0 Å². The van der Waals surface area contributed by atoms with E-state index in [1.165, 1.54) is 0 Å². The highest BCUT2D eigenvalue weighted by Crippen LogP contribution is 2.37. The van der Waals surface area contributed by atoms with E-state index in [0.29, 0.717) is 13.2 Å². The fourth-order valence-corrected chi connectivity index (χ4v) is 2.93. The Balaban J connectivity index is 1.68. The topological polar surface area (TPSA) is 48.0 Å². The Hall–Kier alpha value is -0.790. The van der Waals surface area contributed by atoms with E-state index in [9.17, 15) is 13.6 Å². The number of amides is 1. The average molecular weight is 307 g/mol. The van der Waals surface area contributed by atoms with Gasteiger partial charge >= 0.3 is 0 Å². The summed E-state index contributed by atoms with van der Waals surface area (Å²) in [5.41, 5.74) is 0. The van der Waals surface area contributed by atoms with E-state index in [1.807, 2.05) is 0 Å². The van der Waals surface area contributed by atoms with E-state index >= 15 is 0 Å². The van der Waals surface area contributed by atoms with Crippen LogP contribution in [-0.2, 0) is 19.0 Å². The van der Waals surface area contributed by atoms with E-state index < -0.39 is 18.8 Å². The van der Waals surface area contributed by atoms with Gasteiger partial charge in [-0.3, -0.25) is 4.79 Å². The molecule has 1 aliphatic heterocycles. The first-order valence-electron chi connectivity index (χ1n) is 7.42. The van der Waals surface area contributed by atoms with Gasteiger partial charge < -0.3 is 19.1 Å². The van der Waals surface area contributed by atoms with Crippen molar-refractivity contribution >= 4 is 5.91 Å². The Morgan fingerprint density at radius 3 is 2.52 bits per heavy atom. The van der Waals surface area contributed by atoms with E-state index in [1.54, 1.807) is 11.9 Å². The molecule has 0 radical (unpaired) electrons. The summed E-state index contributed by atoms with van der Waals surface area (Å²) < 4.78 is 39.9. The third-order valence-corrected chi connectivity index (χ3v) is 4.18. The van der Waals surface area contributed by atoms with E-state index in [4.69, 9.17) is 14.2 Å². The van der Waals surface area contributed by atoms with E-state index in [-0.39, 0.29) is 25.0 Å². The molecule has 2 fully saturated rings. The smallest absolute Gasteiger partial charge is 0.261 e. The van der Waals surface area contributed by atoms with Crippen molar-refractivity contribution in [2.45, 2.75) is 50.4 Å². The van der Waals surface area contributed by atoms with Crippen molar-refractivity contribution in [3.8, 4) is 0 Å². The van der Waals surface area contributed by atoms with Crippen molar-refractivity contribution in [2.24, 2.45) is 0 Å². The summed E-state index contributed by atoms with van der Waals surface area (Å²) in [5.74, 6) is -0.501. The van der Waals surface area contributed by atoms with Gasteiger partial charge in [0.1, 0.15) is 6.61 Å². The zero-order valence-corrected chi connectivity index (χ0v) is 12.4. The first kappa shape index (κ1) is 16.6. The van der Waals surface area contributed by atoms with E-state index in [0.717, 1.165) is 25.7 Å². The van der Waals surface area contributed by atoms with E-state index in [2.05, 4.69) is 0 Å². The predicted octanol–water partition coefficient (Wildman–Crippen LogP) is 1.80. The van der Waals surface area contributed by atoms with Crippen LogP contribution in [0.1, 0.15) is 32.1 Å². The first-order chi connectivity index (χ1) is 10.0.